The standard InChI is InChI=1S/C23H20N4O6S/c28-22(24-10-9-14-1-8-20-21(11-14)33-13-32-20)15-2-4-16(5-3-15)27-34(30,31)17-6-7-18-19(12-17)26-23(29)25-18/h1-8,11-12,27H,9-10,13H2,(H,24,28)(H2,25,26,29). The van der Waals surface area contributed by atoms with E-state index in [0.29, 0.717) is 46.7 Å². The van der Waals surface area contributed by atoms with Gasteiger partial charge >= 0.3 is 5.69 Å². The van der Waals surface area contributed by atoms with Gasteiger partial charge in [-0.25, -0.2) is 13.2 Å². The highest BCUT2D eigenvalue weighted by atomic mass is 32.2. The number of anilines is 1. The number of nitrogens with one attached hydrogen (secondary N) is 4. The Morgan fingerprint density at radius 3 is 2.50 bits per heavy atom. The van der Waals surface area contributed by atoms with Crippen LogP contribution in [0.25, 0.3) is 11.0 Å². The molecule has 4 N–H and O–H groups in total. The van der Waals surface area contributed by atoms with Crippen LogP contribution in [0.4, 0.5) is 5.69 Å². The van der Waals surface area contributed by atoms with Gasteiger partial charge in [0.1, 0.15) is 0 Å². The minimum atomic E-state index is -3.88. The van der Waals surface area contributed by atoms with Gasteiger partial charge in [0.15, 0.2) is 11.5 Å². The van der Waals surface area contributed by atoms with E-state index in [-0.39, 0.29) is 17.6 Å². The van der Waals surface area contributed by atoms with Gasteiger partial charge in [-0.05, 0) is 66.6 Å². The molecule has 0 fully saturated rings. The summed E-state index contributed by atoms with van der Waals surface area (Å²) >= 11 is 0. The smallest absolute Gasteiger partial charge is 0.323 e. The van der Waals surface area contributed by atoms with Gasteiger partial charge in [0.25, 0.3) is 15.9 Å². The van der Waals surface area contributed by atoms with E-state index in [4.69, 9.17) is 9.47 Å². The maximum absolute atomic E-state index is 12.7. The quantitative estimate of drug-likeness (QED) is 0.320. The van der Waals surface area contributed by atoms with Gasteiger partial charge in [0.2, 0.25) is 6.79 Å². The molecule has 174 valence electrons. The van der Waals surface area contributed by atoms with Gasteiger partial charge in [-0.2, -0.15) is 0 Å². The Labute approximate surface area is 194 Å². The Bertz CT molecular complexity index is 1540. The van der Waals surface area contributed by atoms with Crippen molar-refractivity contribution < 1.29 is 22.7 Å². The van der Waals surface area contributed by atoms with Gasteiger partial charge in [-0.1, -0.05) is 6.07 Å². The Morgan fingerprint density at radius 2 is 1.68 bits per heavy atom. The van der Waals surface area contributed by atoms with E-state index in [1.165, 1.54) is 30.3 Å². The molecule has 0 spiro atoms. The summed E-state index contributed by atoms with van der Waals surface area (Å²) in [5.41, 5.74) is 2.21. The molecule has 1 aliphatic heterocycles. The first-order valence-corrected chi connectivity index (χ1v) is 11.9. The molecule has 0 aliphatic carbocycles. The number of imidazole rings is 1. The molecule has 34 heavy (non-hydrogen) atoms. The molecule has 1 amide bonds. The van der Waals surface area contributed by atoms with Crippen LogP contribution in [-0.4, -0.2) is 37.6 Å². The van der Waals surface area contributed by atoms with Gasteiger partial charge in [0, 0.05) is 17.8 Å². The fourth-order valence-corrected chi connectivity index (χ4v) is 4.69. The molecular weight excluding hydrogens is 460 g/mol. The van der Waals surface area contributed by atoms with E-state index in [0.717, 1.165) is 5.56 Å². The van der Waals surface area contributed by atoms with Crippen molar-refractivity contribution in [1.29, 1.82) is 0 Å². The summed E-state index contributed by atoms with van der Waals surface area (Å²) in [6.45, 7) is 0.640. The summed E-state index contributed by atoms with van der Waals surface area (Å²) in [7, 11) is -3.88. The highest BCUT2D eigenvalue weighted by molar-refractivity contribution is 7.92. The average molecular weight is 481 g/mol. The van der Waals surface area contributed by atoms with Crippen LogP contribution in [0.2, 0.25) is 0 Å². The summed E-state index contributed by atoms with van der Waals surface area (Å²) in [5.74, 6) is 1.14. The lowest BCUT2D eigenvalue weighted by molar-refractivity contribution is 0.0954. The number of sulfonamides is 1. The second-order valence-corrected chi connectivity index (χ2v) is 9.35. The Morgan fingerprint density at radius 1 is 0.912 bits per heavy atom. The molecule has 0 saturated heterocycles. The van der Waals surface area contributed by atoms with Crippen molar-refractivity contribution in [2.45, 2.75) is 11.3 Å². The molecule has 0 unspecified atom stereocenters. The molecule has 4 aromatic rings. The van der Waals surface area contributed by atoms with Crippen molar-refractivity contribution in [3.8, 4) is 11.5 Å². The number of fused-ring (bicyclic) bond motifs is 2. The first-order chi connectivity index (χ1) is 16.4. The number of hydrogen-bond acceptors (Lipinski definition) is 6. The second kappa shape index (κ2) is 8.60. The highest BCUT2D eigenvalue weighted by Crippen LogP contribution is 2.32. The second-order valence-electron chi connectivity index (χ2n) is 7.66. The summed E-state index contributed by atoms with van der Waals surface area (Å²) in [5, 5.41) is 2.85. The zero-order chi connectivity index (χ0) is 23.7. The number of aromatic amines is 2. The summed E-state index contributed by atoms with van der Waals surface area (Å²) in [6.07, 6.45) is 0.622. The normalized spacial score (nSPS) is 12.6. The maximum Gasteiger partial charge on any atom is 0.323 e. The van der Waals surface area contributed by atoms with Gasteiger partial charge in [0.05, 0.1) is 15.9 Å². The molecule has 2 heterocycles. The van der Waals surface area contributed by atoms with Crippen LogP contribution >= 0.6 is 0 Å². The molecule has 5 rings (SSSR count). The molecule has 3 aromatic carbocycles. The molecule has 0 saturated carbocycles. The molecule has 0 bridgehead atoms. The van der Waals surface area contributed by atoms with Crippen molar-refractivity contribution in [2.24, 2.45) is 0 Å². The fraction of sp³-hybridized carbons (Fsp3) is 0.130. The predicted molar refractivity (Wildman–Crippen MR) is 125 cm³/mol. The number of aromatic nitrogens is 2. The van der Waals surface area contributed by atoms with Crippen molar-refractivity contribution in [3.05, 3.63) is 82.3 Å². The molecular formula is C23H20N4O6S. The van der Waals surface area contributed by atoms with Crippen LogP contribution < -0.4 is 25.2 Å². The largest absolute Gasteiger partial charge is 0.454 e. The summed E-state index contributed by atoms with van der Waals surface area (Å²) < 4.78 is 38.5. The zero-order valence-corrected chi connectivity index (χ0v) is 18.6. The predicted octanol–water partition coefficient (Wildman–Crippen LogP) is 2.36. The van der Waals surface area contributed by atoms with Crippen molar-refractivity contribution in [2.75, 3.05) is 18.1 Å². The number of carbonyl (C=O) groups is 1. The summed E-state index contributed by atoms with van der Waals surface area (Å²) in [4.78, 5) is 28.9. The van der Waals surface area contributed by atoms with Crippen molar-refractivity contribution in [1.82, 2.24) is 15.3 Å². The molecule has 0 radical (unpaired) electrons. The van der Waals surface area contributed by atoms with Gasteiger partial charge < -0.3 is 24.8 Å². The monoisotopic (exact) mass is 480 g/mol. The third-order valence-corrected chi connectivity index (χ3v) is 6.71. The van der Waals surface area contributed by atoms with Crippen LogP contribution in [0, 0.1) is 0 Å². The van der Waals surface area contributed by atoms with E-state index >= 15 is 0 Å². The maximum atomic E-state index is 12.7. The van der Waals surface area contributed by atoms with E-state index in [1.807, 2.05) is 18.2 Å². The fourth-order valence-electron chi connectivity index (χ4n) is 3.60. The molecule has 1 aromatic heterocycles. The zero-order valence-electron chi connectivity index (χ0n) is 17.8. The molecule has 10 nitrogen and oxygen atoms in total. The molecule has 1 aliphatic rings. The topological polar surface area (TPSA) is 142 Å². The first kappa shape index (κ1) is 21.6. The van der Waals surface area contributed by atoms with Gasteiger partial charge in [-0.15, -0.1) is 0 Å². The molecule has 0 atom stereocenters. The Kier molecular flexibility index (Phi) is 5.46. The molecule has 11 heteroatoms. The number of carbonyl (C=O) groups excluding carboxylic acids is 1. The third kappa shape index (κ3) is 4.46. The average Bonchev–Trinajstić information content (AvgIpc) is 3.43. The number of rotatable bonds is 7. The number of benzene rings is 3. The first-order valence-electron chi connectivity index (χ1n) is 10.4. The van der Waals surface area contributed by atoms with Crippen LogP contribution in [0.15, 0.2) is 70.4 Å². The van der Waals surface area contributed by atoms with Crippen molar-refractivity contribution in [3.63, 3.8) is 0 Å². The van der Waals surface area contributed by atoms with E-state index in [9.17, 15) is 18.0 Å². The van der Waals surface area contributed by atoms with Crippen LogP contribution in [0.3, 0.4) is 0 Å². The van der Waals surface area contributed by atoms with E-state index in [2.05, 4.69) is 20.0 Å². The SMILES string of the molecule is O=C(NCCc1ccc2c(c1)OCO2)c1ccc(NS(=O)(=O)c2ccc3[nH]c(=O)[nH]c3c2)cc1. The minimum absolute atomic E-state index is 0.000544. The number of H-pyrrole nitrogens is 2. The van der Waals surface area contributed by atoms with Gasteiger partial charge in [-0.3, -0.25) is 9.52 Å². The van der Waals surface area contributed by atoms with E-state index < -0.39 is 15.7 Å². The Hall–Kier alpha value is -4.25. The highest BCUT2D eigenvalue weighted by Gasteiger charge is 2.16. The lowest BCUT2D eigenvalue weighted by Gasteiger charge is -2.10. The number of ether oxygens (including phenoxy) is 2. The van der Waals surface area contributed by atoms with E-state index in [1.54, 1.807) is 12.1 Å². The lowest BCUT2D eigenvalue weighted by atomic mass is 10.1. The Balaban J connectivity index is 1.19. The van der Waals surface area contributed by atoms with Crippen LogP contribution in [-0.2, 0) is 16.4 Å². The van der Waals surface area contributed by atoms with Crippen LogP contribution in [0.1, 0.15) is 15.9 Å². The minimum Gasteiger partial charge on any atom is -0.454 e. The lowest BCUT2D eigenvalue weighted by Crippen LogP contribution is -2.25. The van der Waals surface area contributed by atoms with Crippen molar-refractivity contribution >= 4 is 32.7 Å². The number of hydrogen-bond donors (Lipinski definition) is 4. The summed E-state index contributed by atoms with van der Waals surface area (Å²) in [6, 6.07) is 16.1. The number of amides is 1. The van der Waals surface area contributed by atoms with Crippen LogP contribution in [0.5, 0.6) is 11.5 Å². The third-order valence-electron chi connectivity index (χ3n) is 5.33.